The van der Waals surface area contributed by atoms with Crippen LogP contribution in [0.3, 0.4) is 0 Å². The quantitative estimate of drug-likeness (QED) is 0.814. The number of rotatable bonds is 2. The van der Waals surface area contributed by atoms with Gasteiger partial charge >= 0.3 is 0 Å². The minimum absolute atomic E-state index is 0.116. The topological polar surface area (TPSA) is 20.3 Å². The van der Waals surface area contributed by atoms with Crippen molar-refractivity contribution in [2.75, 3.05) is 18.0 Å². The molecule has 1 aromatic carbocycles. The van der Waals surface area contributed by atoms with Gasteiger partial charge in [-0.3, -0.25) is 4.79 Å². The SMILES string of the molecule is Cc1ccc2c(c1)CCCN2CC1CCCC(C)(C)C1=O. The molecule has 1 saturated carbocycles. The van der Waals surface area contributed by atoms with E-state index in [1.807, 2.05) is 0 Å². The van der Waals surface area contributed by atoms with Gasteiger partial charge in [0.15, 0.2) is 0 Å². The minimum Gasteiger partial charge on any atom is -0.371 e. The maximum atomic E-state index is 12.7. The predicted octanol–water partition coefficient (Wildman–Crippen LogP) is 4.14. The normalized spacial score (nSPS) is 24.8. The molecule has 114 valence electrons. The van der Waals surface area contributed by atoms with Gasteiger partial charge in [-0.25, -0.2) is 0 Å². The van der Waals surface area contributed by atoms with Crippen molar-refractivity contribution in [3.63, 3.8) is 0 Å². The van der Waals surface area contributed by atoms with Crippen molar-refractivity contribution in [2.45, 2.75) is 52.9 Å². The van der Waals surface area contributed by atoms with Gasteiger partial charge in [-0.05, 0) is 44.2 Å². The Labute approximate surface area is 128 Å². The second kappa shape index (κ2) is 5.47. The van der Waals surface area contributed by atoms with Crippen LogP contribution in [0.2, 0.25) is 0 Å². The molecule has 2 aliphatic rings. The molecule has 0 N–H and O–H groups in total. The number of hydrogen-bond donors (Lipinski definition) is 0. The van der Waals surface area contributed by atoms with E-state index in [1.165, 1.54) is 36.1 Å². The standard InChI is InChI=1S/C19H27NO/c1-14-8-9-17-15(12-14)7-5-11-20(17)13-16-6-4-10-19(2,3)18(16)21/h8-9,12,16H,4-7,10-11,13H2,1-3H3. The summed E-state index contributed by atoms with van der Waals surface area (Å²) in [6, 6.07) is 6.76. The Balaban J connectivity index is 1.79. The molecule has 0 radical (unpaired) electrons. The Kier molecular flexibility index (Phi) is 3.81. The number of hydrogen-bond acceptors (Lipinski definition) is 2. The van der Waals surface area contributed by atoms with E-state index in [4.69, 9.17) is 0 Å². The Morgan fingerprint density at radius 2 is 2.10 bits per heavy atom. The first kappa shape index (κ1) is 14.6. The zero-order valence-corrected chi connectivity index (χ0v) is 13.6. The number of Topliss-reactive ketones (excluding diaryl/α,β-unsaturated/α-hetero) is 1. The monoisotopic (exact) mass is 285 g/mol. The molecule has 0 amide bonds. The second-order valence-corrected chi connectivity index (χ2v) is 7.52. The third-order valence-corrected chi connectivity index (χ3v) is 5.28. The molecular formula is C19H27NO. The van der Waals surface area contributed by atoms with Gasteiger partial charge in [0.1, 0.15) is 5.78 Å². The van der Waals surface area contributed by atoms with E-state index < -0.39 is 0 Å². The summed E-state index contributed by atoms with van der Waals surface area (Å²) in [5.74, 6) is 0.703. The van der Waals surface area contributed by atoms with Gasteiger partial charge in [0.05, 0.1) is 0 Å². The number of anilines is 1. The molecule has 0 saturated heterocycles. The molecule has 21 heavy (non-hydrogen) atoms. The van der Waals surface area contributed by atoms with Crippen molar-refractivity contribution < 1.29 is 4.79 Å². The summed E-state index contributed by atoms with van der Waals surface area (Å²) < 4.78 is 0. The van der Waals surface area contributed by atoms with Crippen LogP contribution < -0.4 is 4.90 Å². The zero-order valence-electron chi connectivity index (χ0n) is 13.6. The average molecular weight is 285 g/mol. The zero-order chi connectivity index (χ0) is 15.0. The van der Waals surface area contributed by atoms with Crippen LogP contribution in [0.5, 0.6) is 0 Å². The first-order chi connectivity index (χ1) is 9.97. The molecule has 2 nitrogen and oxygen atoms in total. The molecule has 0 aromatic heterocycles. The number of carbonyl (C=O) groups excluding carboxylic acids is 1. The highest BCUT2D eigenvalue weighted by atomic mass is 16.1. The van der Waals surface area contributed by atoms with Crippen LogP contribution in [0.15, 0.2) is 18.2 Å². The lowest BCUT2D eigenvalue weighted by atomic mass is 9.71. The summed E-state index contributed by atoms with van der Waals surface area (Å²) in [5.41, 5.74) is 4.05. The van der Waals surface area contributed by atoms with Gasteiger partial charge in [-0.2, -0.15) is 0 Å². The highest BCUT2D eigenvalue weighted by Gasteiger charge is 2.38. The Hall–Kier alpha value is -1.31. The van der Waals surface area contributed by atoms with Gasteiger partial charge in [0.2, 0.25) is 0 Å². The number of aryl methyl sites for hydroxylation is 2. The minimum atomic E-state index is -0.116. The lowest BCUT2D eigenvalue weighted by Crippen LogP contribution is -2.43. The maximum Gasteiger partial charge on any atom is 0.143 e. The third kappa shape index (κ3) is 2.86. The molecular weight excluding hydrogens is 258 g/mol. The molecule has 0 bridgehead atoms. The number of carbonyl (C=O) groups is 1. The van der Waals surface area contributed by atoms with E-state index in [9.17, 15) is 4.79 Å². The Bertz CT molecular complexity index is 546. The van der Waals surface area contributed by atoms with Gasteiger partial charge in [-0.1, -0.05) is 38.0 Å². The average Bonchev–Trinajstić information content (AvgIpc) is 2.44. The highest BCUT2D eigenvalue weighted by Crippen LogP contribution is 2.37. The van der Waals surface area contributed by atoms with Crippen molar-refractivity contribution in [3.05, 3.63) is 29.3 Å². The van der Waals surface area contributed by atoms with Gasteiger partial charge in [0.25, 0.3) is 0 Å². The van der Waals surface area contributed by atoms with Crippen LogP contribution in [-0.4, -0.2) is 18.9 Å². The van der Waals surface area contributed by atoms with Crippen LogP contribution in [0.4, 0.5) is 5.69 Å². The van der Waals surface area contributed by atoms with Gasteiger partial charge < -0.3 is 4.90 Å². The molecule has 1 aliphatic carbocycles. The van der Waals surface area contributed by atoms with E-state index in [1.54, 1.807) is 0 Å². The first-order valence-electron chi connectivity index (χ1n) is 8.36. The van der Waals surface area contributed by atoms with E-state index in [-0.39, 0.29) is 11.3 Å². The Morgan fingerprint density at radius 3 is 2.90 bits per heavy atom. The van der Waals surface area contributed by atoms with E-state index in [0.717, 1.165) is 25.9 Å². The van der Waals surface area contributed by atoms with Crippen molar-refractivity contribution in [1.82, 2.24) is 0 Å². The van der Waals surface area contributed by atoms with Crippen LogP contribution in [0, 0.1) is 18.3 Å². The summed E-state index contributed by atoms with van der Waals surface area (Å²) in [5, 5.41) is 0. The number of benzene rings is 1. The molecule has 1 heterocycles. The smallest absolute Gasteiger partial charge is 0.143 e. The molecule has 0 spiro atoms. The largest absolute Gasteiger partial charge is 0.371 e. The van der Waals surface area contributed by atoms with Crippen molar-refractivity contribution in [3.8, 4) is 0 Å². The van der Waals surface area contributed by atoms with Crippen LogP contribution >= 0.6 is 0 Å². The fourth-order valence-electron chi connectivity index (χ4n) is 4.03. The fourth-order valence-corrected chi connectivity index (χ4v) is 4.03. The predicted molar refractivity (Wildman–Crippen MR) is 87.8 cm³/mol. The van der Waals surface area contributed by atoms with Gasteiger partial charge in [-0.15, -0.1) is 0 Å². The first-order valence-corrected chi connectivity index (χ1v) is 8.36. The summed E-state index contributed by atoms with van der Waals surface area (Å²) >= 11 is 0. The second-order valence-electron chi connectivity index (χ2n) is 7.52. The summed E-state index contributed by atoms with van der Waals surface area (Å²) in [6.07, 6.45) is 5.70. The number of nitrogens with zero attached hydrogens (tertiary/aromatic N) is 1. The van der Waals surface area contributed by atoms with Crippen LogP contribution in [0.25, 0.3) is 0 Å². The molecule has 1 aliphatic heterocycles. The molecule has 2 heteroatoms. The summed E-state index contributed by atoms with van der Waals surface area (Å²) in [6.45, 7) is 8.41. The highest BCUT2D eigenvalue weighted by molar-refractivity contribution is 5.87. The van der Waals surface area contributed by atoms with Crippen LogP contribution in [0.1, 0.15) is 50.7 Å². The van der Waals surface area contributed by atoms with Gasteiger partial charge in [0, 0.05) is 30.1 Å². The van der Waals surface area contributed by atoms with E-state index >= 15 is 0 Å². The fraction of sp³-hybridized carbons (Fsp3) is 0.632. The van der Waals surface area contributed by atoms with Crippen molar-refractivity contribution in [1.29, 1.82) is 0 Å². The molecule has 1 fully saturated rings. The van der Waals surface area contributed by atoms with Crippen molar-refractivity contribution in [2.24, 2.45) is 11.3 Å². The molecule has 1 unspecified atom stereocenters. The van der Waals surface area contributed by atoms with E-state index in [0.29, 0.717) is 5.78 Å². The number of fused-ring (bicyclic) bond motifs is 1. The van der Waals surface area contributed by atoms with Crippen molar-refractivity contribution >= 4 is 11.5 Å². The summed E-state index contributed by atoms with van der Waals surface area (Å²) in [7, 11) is 0. The van der Waals surface area contributed by atoms with Crippen LogP contribution in [-0.2, 0) is 11.2 Å². The molecule has 1 atom stereocenters. The third-order valence-electron chi connectivity index (χ3n) is 5.28. The maximum absolute atomic E-state index is 12.7. The summed E-state index contributed by atoms with van der Waals surface area (Å²) in [4.78, 5) is 15.1. The lowest BCUT2D eigenvalue weighted by Gasteiger charge is -2.39. The molecule has 3 rings (SSSR count). The molecule has 1 aromatic rings. The number of ketones is 1. The van der Waals surface area contributed by atoms with E-state index in [2.05, 4.69) is 43.9 Å². The lowest BCUT2D eigenvalue weighted by molar-refractivity contribution is -0.133. The Morgan fingerprint density at radius 1 is 1.29 bits per heavy atom.